The minimum absolute atomic E-state index is 0.0262. The van der Waals surface area contributed by atoms with Crippen LogP contribution < -0.4 is 0 Å². The van der Waals surface area contributed by atoms with Gasteiger partial charge in [-0.15, -0.1) is 0 Å². The summed E-state index contributed by atoms with van der Waals surface area (Å²) in [6.45, 7) is 0. The lowest BCUT2D eigenvalue weighted by atomic mass is 10.6. The van der Waals surface area contributed by atoms with E-state index in [0.717, 1.165) is 11.3 Å². The van der Waals surface area contributed by atoms with E-state index in [1.54, 1.807) is 0 Å². The first-order valence-corrected chi connectivity index (χ1v) is 2.95. The Morgan fingerprint density at radius 1 is 1.67 bits per heavy atom. The van der Waals surface area contributed by atoms with Gasteiger partial charge in [0.1, 0.15) is 0 Å². The van der Waals surface area contributed by atoms with Gasteiger partial charge in [0.05, 0.1) is 4.92 Å². The van der Waals surface area contributed by atoms with E-state index in [0.29, 0.717) is 0 Å². The van der Waals surface area contributed by atoms with E-state index >= 15 is 0 Å². The van der Waals surface area contributed by atoms with Gasteiger partial charge in [-0.3, -0.25) is 10.1 Å². The van der Waals surface area contributed by atoms with E-state index in [1.807, 2.05) is 0 Å². The molecule has 0 aliphatic carbocycles. The first-order chi connectivity index (χ1) is 4.20. The molecule has 0 aliphatic heterocycles. The summed E-state index contributed by atoms with van der Waals surface area (Å²) >= 11 is 0.752. The minimum atomic E-state index is -0.537. The molecular formula is C4H3NO3S. The fraction of sp³-hybridized carbons (Fsp3) is 0. The average Bonchev–Trinajstić information content (AvgIpc) is 2.14. The van der Waals surface area contributed by atoms with Gasteiger partial charge in [-0.1, -0.05) is 0 Å². The summed E-state index contributed by atoms with van der Waals surface area (Å²) in [6.07, 6.45) is 0. The Morgan fingerprint density at radius 3 is 2.56 bits per heavy atom. The molecule has 48 valence electrons. The molecule has 0 spiro atoms. The number of aromatic hydroxyl groups is 1. The normalized spacial score (nSPS) is 9.33. The van der Waals surface area contributed by atoms with Crippen LogP contribution >= 0.6 is 11.3 Å². The lowest BCUT2D eigenvalue weighted by Gasteiger charge is -1.77. The van der Waals surface area contributed by atoms with Crippen molar-refractivity contribution in [2.75, 3.05) is 0 Å². The molecule has 0 saturated heterocycles. The topological polar surface area (TPSA) is 63.4 Å². The second-order valence-corrected chi connectivity index (χ2v) is 2.41. The SMILES string of the molecule is O=[N+]([O-])c1ccc(O)s1. The maximum absolute atomic E-state index is 9.92. The van der Waals surface area contributed by atoms with Crippen molar-refractivity contribution in [3.05, 3.63) is 22.2 Å². The highest BCUT2D eigenvalue weighted by molar-refractivity contribution is 7.16. The lowest BCUT2D eigenvalue weighted by Crippen LogP contribution is -1.80. The van der Waals surface area contributed by atoms with Gasteiger partial charge in [-0.05, 0) is 17.4 Å². The van der Waals surface area contributed by atoms with Crippen LogP contribution in [-0.4, -0.2) is 10.0 Å². The van der Waals surface area contributed by atoms with Gasteiger partial charge in [0.25, 0.3) is 0 Å². The van der Waals surface area contributed by atoms with Crippen molar-refractivity contribution >= 4 is 16.3 Å². The number of nitrogens with zero attached hydrogens (tertiary/aromatic N) is 1. The van der Waals surface area contributed by atoms with Gasteiger partial charge in [0.2, 0.25) is 0 Å². The van der Waals surface area contributed by atoms with E-state index in [-0.39, 0.29) is 10.1 Å². The monoisotopic (exact) mass is 145 g/mol. The van der Waals surface area contributed by atoms with E-state index < -0.39 is 4.92 Å². The summed E-state index contributed by atoms with van der Waals surface area (Å²) < 4.78 is 0. The number of thiophene rings is 1. The second kappa shape index (κ2) is 2.02. The fourth-order valence-electron chi connectivity index (χ4n) is 0.416. The van der Waals surface area contributed by atoms with E-state index in [4.69, 9.17) is 5.11 Å². The molecule has 1 N–H and O–H groups in total. The van der Waals surface area contributed by atoms with E-state index in [9.17, 15) is 10.1 Å². The zero-order valence-corrected chi connectivity index (χ0v) is 5.09. The Morgan fingerprint density at radius 2 is 2.33 bits per heavy atom. The number of rotatable bonds is 1. The largest absolute Gasteiger partial charge is 0.499 e. The molecule has 0 saturated carbocycles. The summed E-state index contributed by atoms with van der Waals surface area (Å²) in [5.41, 5.74) is 0. The van der Waals surface area contributed by atoms with Crippen LogP contribution in [0.3, 0.4) is 0 Å². The van der Waals surface area contributed by atoms with Crippen molar-refractivity contribution in [3.8, 4) is 5.06 Å². The fourth-order valence-corrected chi connectivity index (χ4v) is 0.977. The Labute approximate surface area is 54.5 Å². The first-order valence-electron chi connectivity index (χ1n) is 2.13. The van der Waals surface area contributed by atoms with E-state index in [2.05, 4.69) is 0 Å². The molecule has 0 aromatic carbocycles. The molecule has 0 bridgehead atoms. The van der Waals surface area contributed by atoms with Crippen LogP contribution in [-0.2, 0) is 0 Å². The third-order valence-corrected chi connectivity index (χ3v) is 1.60. The zero-order chi connectivity index (χ0) is 6.85. The Bertz CT molecular complexity index is 231. The van der Waals surface area contributed by atoms with Crippen molar-refractivity contribution in [1.82, 2.24) is 0 Å². The molecule has 0 fully saturated rings. The molecule has 5 heteroatoms. The van der Waals surface area contributed by atoms with Gasteiger partial charge in [-0.2, -0.15) is 0 Å². The smallest absolute Gasteiger partial charge is 0.327 e. The summed E-state index contributed by atoms with van der Waals surface area (Å²) in [6, 6.07) is 2.56. The zero-order valence-electron chi connectivity index (χ0n) is 4.27. The van der Waals surface area contributed by atoms with Crippen LogP contribution in [0, 0.1) is 10.1 Å². The molecule has 1 heterocycles. The van der Waals surface area contributed by atoms with Gasteiger partial charge in [0, 0.05) is 6.07 Å². The molecule has 1 aromatic heterocycles. The van der Waals surface area contributed by atoms with Crippen LogP contribution in [0.2, 0.25) is 0 Å². The van der Waals surface area contributed by atoms with Gasteiger partial charge >= 0.3 is 5.00 Å². The van der Waals surface area contributed by atoms with Gasteiger partial charge < -0.3 is 5.11 Å². The molecule has 0 amide bonds. The third kappa shape index (κ3) is 1.17. The van der Waals surface area contributed by atoms with E-state index in [1.165, 1.54) is 12.1 Å². The molecule has 9 heavy (non-hydrogen) atoms. The van der Waals surface area contributed by atoms with Gasteiger partial charge in [-0.25, -0.2) is 0 Å². The van der Waals surface area contributed by atoms with Crippen molar-refractivity contribution in [3.63, 3.8) is 0 Å². The van der Waals surface area contributed by atoms with Crippen molar-refractivity contribution < 1.29 is 10.0 Å². The Balaban J connectivity index is 2.98. The first kappa shape index (κ1) is 6.03. The predicted molar refractivity (Wildman–Crippen MR) is 32.6 cm³/mol. The molecule has 1 rings (SSSR count). The van der Waals surface area contributed by atoms with Crippen LogP contribution in [0.25, 0.3) is 0 Å². The number of hydrogen-bond donors (Lipinski definition) is 1. The second-order valence-electron chi connectivity index (χ2n) is 1.37. The maximum atomic E-state index is 9.92. The van der Waals surface area contributed by atoms with Crippen molar-refractivity contribution in [1.29, 1.82) is 0 Å². The summed E-state index contributed by atoms with van der Waals surface area (Å²) in [5.74, 6) is 0. The molecule has 4 nitrogen and oxygen atoms in total. The molecule has 0 atom stereocenters. The highest BCUT2D eigenvalue weighted by Gasteiger charge is 2.07. The van der Waals surface area contributed by atoms with Crippen LogP contribution in [0.1, 0.15) is 0 Å². The third-order valence-electron chi connectivity index (χ3n) is 0.758. The van der Waals surface area contributed by atoms with Crippen molar-refractivity contribution in [2.45, 2.75) is 0 Å². The summed E-state index contributed by atoms with van der Waals surface area (Å²) in [4.78, 5) is 9.38. The lowest BCUT2D eigenvalue weighted by molar-refractivity contribution is -0.380. The Hall–Kier alpha value is -1.10. The summed E-state index contributed by atoms with van der Waals surface area (Å²) in [7, 11) is 0. The minimum Gasteiger partial charge on any atom is -0.499 e. The quantitative estimate of drug-likeness (QED) is 0.479. The number of nitro groups is 1. The predicted octanol–water partition coefficient (Wildman–Crippen LogP) is 1.36. The molecule has 0 unspecified atom stereocenters. The highest BCUT2D eigenvalue weighted by Crippen LogP contribution is 2.28. The van der Waals surface area contributed by atoms with Crippen LogP contribution in [0.5, 0.6) is 5.06 Å². The molecule has 0 radical (unpaired) electrons. The van der Waals surface area contributed by atoms with Crippen molar-refractivity contribution in [2.24, 2.45) is 0 Å². The maximum Gasteiger partial charge on any atom is 0.327 e. The van der Waals surface area contributed by atoms with Crippen LogP contribution in [0.15, 0.2) is 12.1 Å². The van der Waals surface area contributed by atoms with Crippen LogP contribution in [0.4, 0.5) is 5.00 Å². The molecule has 1 aromatic rings. The average molecular weight is 145 g/mol. The highest BCUT2D eigenvalue weighted by atomic mass is 32.1. The Kier molecular flexibility index (Phi) is 1.35. The number of hydrogen-bond acceptors (Lipinski definition) is 4. The van der Waals surface area contributed by atoms with Gasteiger partial charge in [0.15, 0.2) is 5.06 Å². The molecule has 0 aliphatic rings. The molecular weight excluding hydrogens is 142 g/mol. The summed E-state index contributed by atoms with van der Waals surface area (Å²) in [5, 5.41) is 18.5. The standard InChI is InChI=1S/C4H3NO3S/c6-4-2-1-3(9-4)5(7)8/h1-2,6H.